The van der Waals surface area contributed by atoms with E-state index in [2.05, 4.69) is 15.3 Å². The Bertz CT molecular complexity index is 1690. The molecule has 0 amide bonds. The topological polar surface area (TPSA) is 204 Å². The van der Waals surface area contributed by atoms with E-state index >= 15 is 4.39 Å². The second kappa shape index (κ2) is 11.8. The van der Waals surface area contributed by atoms with E-state index < -0.39 is 58.6 Å². The van der Waals surface area contributed by atoms with Crippen molar-refractivity contribution in [2.24, 2.45) is 16.6 Å². The summed E-state index contributed by atoms with van der Waals surface area (Å²) in [5, 5.41) is 40.1. The largest absolute Gasteiger partial charge is 0.504 e. The van der Waals surface area contributed by atoms with Gasteiger partial charge >= 0.3 is 11.9 Å². The molecule has 2 aliphatic rings. The Morgan fingerprint density at radius 2 is 1.93 bits per heavy atom. The number of amidine groups is 1. The molecule has 3 atom stereocenters. The van der Waals surface area contributed by atoms with E-state index in [1.807, 2.05) is 4.90 Å². The molecule has 0 bridgehead atoms. The number of anilines is 1. The van der Waals surface area contributed by atoms with Crippen molar-refractivity contribution in [1.82, 2.24) is 9.88 Å². The number of benzene rings is 2. The van der Waals surface area contributed by atoms with Gasteiger partial charge in [-0.25, -0.2) is 14.2 Å². The first-order valence-electron chi connectivity index (χ1n) is 13.4. The number of aliphatic carboxylic acids is 2. The SMILES string of the molecule is CN1CC=NC1c1cc(NC2(C(=O)O)CCC(C(=O)O)C2)ccc1Oc1c(F)cnc(Oc2cc(C(=N)N)ccc2O)c1F. The van der Waals surface area contributed by atoms with Crippen molar-refractivity contribution >= 4 is 29.7 Å². The van der Waals surface area contributed by atoms with Gasteiger partial charge in [0.1, 0.15) is 23.3 Å². The summed E-state index contributed by atoms with van der Waals surface area (Å²) in [6.07, 6.45) is 1.79. The fraction of sp³-hybridized carbons (Fsp3) is 0.276. The van der Waals surface area contributed by atoms with Crippen LogP contribution in [0.4, 0.5) is 14.5 Å². The Hall–Kier alpha value is -5.31. The number of carboxylic acid groups (broad SMARTS) is 2. The summed E-state index contributed by atoms with van der Waals surface area (Å²) in [7, 11) is 1.76. The van der Waals surface area contributed by atoms with Gasteiger partial charge in [0.05, 0.1) is 12.1 Å². The van der Waals surface area contributed by atoms with E-state index in [1.165, 1.54) is 36.4 Å². The van der Waals surface area contributed by atoms with Gasteiger partial charge in [-0.1, -0.05) is 0 Å². The van der Waals surface area contributed by atoms with Crippen LogP contribution in [-0.2, 0) is 9.59 Å². The molecule has 0 radical (unpaired) electrons. The third-order valence-corrected chi connectivity index (χ3v) is 7.57. The molecule has 0 saturated heterocycles. The van der Waals surface area contributed by atoms with Crippen molar-refractivity contribution in [3.05, 3.63) is 65.4 Å². The number of pyridine rings is 1. The summed E-state index contributed by atoms with van der Waals surface area (Å²) in [6.45, 7) is 0.458. The fourth-order valence-corrected chi connectivity index (χ4v) is 5.20. The number of phenolic OH excluding ortho intramolecular Hbond substituents is 1. The number of nitrogens with zero attached hydrogens (tertiary/aromatic N) is 3. The van der Waals surface area contributed by atoms with Crippen LogP contribution in [0.5, 0.6) is 28.9 Å². The van der Waals surface area contributed by atoms with E-state index in [0.717, 1.165) is 0 Å². The van der Waals surface area contributed by atoms with Crippen LogP contribution in [-0.4, -0.2) is 68.3 Å². The first-order chi connectivity index (χ1) is 20.9. The Labute approximate surface area is 249 Å². The highest BCUT2D eigenvalue weighted by Crippen LogP contribution is 2.42. The lowest BCUT2D eigenvalue weighted by Gasteiger charge is -2.28. The summed E-state index contributed by atoms with van der Waals surface area (Å²) in [6, 6.07) is 8.11. The van der Waals surface area contributed by atoms with E-state index in [-0.39, 0.29) is 42.2 Å². The molecule has 1 aromatic heterocycles. The minimum Gasteiger partial charge on any atom is -0.504 e. The van der Waals surface area contributed by atoms with Crippen LogP contribution in [0, 0.1) is 23.0 Å². The molecular weight excluding hydrogens is 582 g/mol. The van der Waals surface area contributed by atoms with Gasteiger partial charge in [-0.2, -0.15) is 4.39 Å². The number of carboxylic acids is 2. The van der Waals surface area contributed by atoms with Gasteiger partial charge < -0.3 is 35.8 Å². The lowest BCUT2D eigenvalue weighted by molar-refractivity contribution is -0.143. The van der Waals surface area contributed by atoms with Crippen molar-refractivity contribution in [3.63, 3.8) is 0 Å². The first-order valence-corrected chi connectivity index (χ1v) is 13.4. The molecule has 15 heteroatoms. The predicted molar refractivity (Wildman–Crippen MR) is 153 cm³/mol. The van der Waals surface area contributed by atoms with Gasteiger partial charge in [0.2, 0.25) is 11.6 Å². The number of rotatable bonds is 10. The van der Waals surface area contributed by atoms with E-state index in [0.29, 0.717) is 24.0 Å². The summed E-state index contributed by atoms with van der Waals surface area (Å²) < 4.78 is 41.7. The minimum absolute atomic E-state index is 0.0120. The maximum Gasteiger partial charge on any atom is 0.329 e. The van der Waals surface area contributed by atoms with Crippen molar-refractivity contribution in [3.8, 4) is 28.9 Å². The third kappa shape index (κ3) is 5.81. The maximum atomic E-state index is 15.6. The van der Waals surface area contributed by atoms with Gasteiger partial charge in [-0.3, -0.25) is 20.1 Å². The Morgan fingerprint density at radius 1 is 1.16 bits per heavy atom. The summed E-state index contributed by atoms with van der Waals surface area (Å²) in [5.41, 5.74) is 4.77. The summed E-state index contributed by atoms with van der Waals surface area (Å²) in [4.78, 5) is 33.7. The quantitative estimate of drug-likeness (QED) is 0.143. The molecule has 1 saturated carbocycles. The molecule has 230 valence electrons. The summed E-state index contributed by atoms with van der Waals surface area (Å²) >= 11 is 0. The number of hydrogen-bond donors (Lipinski definition) is 6. The number of nitrogen functional groups attached to an aromatic ring is 1. The smallest absolute Gasteiger partial charge is 0.329 e. The highest BCUT2D eigenvalue weighted by Gasteiger charge is 2.48. The number of aromatic hydroxyl groups is 1. The number of halogens is 2. The van der Waals surface area contributed by atoms with Crippen molar-refractivity contribution in [1.29, 1.82) is 5.41 Å². The number of aliphatic imine (C=N–C) groups is 1. The molecule has 3 aromatic rings. The molecule has 2 heterocycles. The van der Waals surface area contributed by atoms with Crippen LogP contribution in [0.15, 0.2) is 47.6 Å². The Balaban J connectivity index is 1.49. The first kappa shape index (κ1) is 30.2. The zero-order chi connectivity index (χ0) is 31.8. The van der Waals surface area contributed by atoms with Gasteiger partial charge in [0.25, 0.3) is 5.88 Å². The predicted octanol–water partition coefficient (Wildman–Crippen LogP) is 4.07. The zero-order valence-electron chi connectivity index (χ0n) is 23.3. The lowest BCUT2D eigenvalue weighted by Crippen LogP contribution is -2.44. The average Bonchev–Trinajstić information content (AvgIpc) is 3.61. The van der Waals surface area contributed by atoms with Crippen molar-refractivity contribution < 1.29 is 43.2 Å². The number of hydrogen-bond acceptors (Lipinski definition) is 10. The third-order valence-electron chi connectivity index (χ3n) is 7.57. The van der Waals surface area contributed by atoms with Crippen LogP contribution < -0.4 is 20.5 Å². The van der Waals surface area contributed by atoms with Crippen LogP contribution in [0.25, 0.3) is 0 Å². The van der Waals surface area contributed by atoms with Crippen LogP contribution >= 0.6 is 0 Å². The van der Waals surface area contributed by atoms with E-state index in [9.17, 15) is 29.3 Å². The molecule has 3 unspecified atom stereocenters. The van der Waals surface area contributed by atoms with Crippen LogP contribution in [0.2, 0.25) is 0 Å². The number of aromatic nitrogens is 1. The highest BCUT2D eigenvalue weighted by atomic mass is 19.1. The minimum atomic E-state index is -1.53. The molecule has 2 aromatic carbocycles. The number of ether oxygens (including phenoxy) is 2. The van der Waals surface area contributed by atoms with Gasteiger partial charge in [-0.15, -0.1) is 0 Å². The number of nitrogens with one attached hydrogen (secondary N) is 2. The molecule has 13 nitrogen and oxygen atoms in total. The second-order valence-electron chi connectivity index (χ2n) is 10.5. The monoisotopic (exact) mass is 610 g/mol. The molecule has 1 aliphatic heterocycles. The molecule has 7 N–H and O–H groups in total. The van der Waals surface area contributed by atoms with Crippen LogP contribution in [0.3, 0.4) is 0 Å². The van der Waals surface area contributed by atoms with Gasteiger partial charge in [-0.05, 0) is 62.7 Å². The molecular formula is C29H28F2N6O7. The number of carbonyl (C=O) groups is 2. The molecule has 44 heavy (non-hydrogen) atoms. The maximum absolute atomic E-state index is 15.6. The molecule has 5 rings (SSSR count). The highest BCUT2D eigenvalue weighted by molar-refractivity contribution is 5.95. The van der Waals surface area contributed by atoms with Gasteiger partial charge in [0.15, 0.2) is 17.3 Å². The molecule has 1 fully saturated rings. The normalized spacial score (nSPS) is 21.2. The fourth-order valence-electron chi connectivity index (χ4n) is 5.20. The van der Waals surface area contributed by atoms with Gasteiger partial charge in [0, 0.05) is 29.6 Å². The lowest BCUT2D eigenvalue weighted by atomic mass is 9.95. The molecule has 0 spiro atoms. The number of phenols is 1. The van der Waals surface area contributed by atoms with Crippen LogP contribution in [0.1, 0.15) is 36.6 Å². The average molecular weight is 611 g/mol. The van der Waals surface area contributed by atoms with Crippen molar-refractivity contribution in [2.75, 3.05) is 18.9 Å². The Morgan fingerprint density at radius 3 is 2.57 bits per heavy atom. The van der Waals surface area contributed by atoms with E-state index in [4.69, 9.17) is 20.6 Å². The standard InChI is InChI=1S/C29H28F2N6O7/c1-37-9-8-34-25(37)17-11-16(36-29(28(41)42)7-6-15(12-29)27(39)40)3-5-20(17)43-23-18(30)13-35-26(22(23)31)44-21-10-14(24(32)33)2-4-19(21)38/h2-5,8,10-11,13,15,25,36,38H,6-7,9,12H2,1H3,(H3,32,33)(H,39,40)(H,41,42). The summed E-state index contributed by atoms with van der Waals surface area (Å²) in [5.74, 6) is -8.24. The Kier molecular flexibility index (Phi) is 8.06. The second-order valence-corrected chi connectivity index (χ2v) is 10.5. The molecule has 1 aliphatic carbocycles. The van der Waals surface area contributed by atoms with E-state index in [1.54, 1.807) is 13.3 Å². The zero-order valence-corrected chi connectivity index (χ0v) is 23.3. The number of nitrogens with two attached hydrogens (primary N) is 1. The van der Waals surface area contributed by atoms with Crippen molar-refractivity contribution in [2.45, 2.75) is 31.0 Å².